The van der Waals surface area contributed by atoms with Crippen molar-refractivity contribution in [3.8, 4) is 17.6 Å². The zero-order valence-electron chi connectivity index (χ0n) is 16.0. The molecule has 3 nitrogen and oxygen atoms in total. The van der Waals surface area contributed by atoms with Crippen LogP contribution in [-0.4, -0.2) is 13.2 Å². The number of unbranched alkanes of at least 4 members (excludes halogenated alkanes) is 3. The molecule has 0 saturated heterocycles. The first kappa shape index (κ1) is 21.1. The lowest BCUT2D eigenvalue weighted by Gasteiger charge is -2.13. The molecular formula is C23H26BrNO2. The van der Waals surface area contributed by atoms with Crippen molar-refractivity contribution in [3.63, 3.8) is 0 Å². The molecule has 0 fully saturated rings. The molecule has 0 saturated carbocycles. The molecule has 0 amide bonds. The second-order valence-electron chi connectivity index (χ2n) is 6.23. The summed E-state index contributed by atoms with van der Waals surface area (Å²) >= 11 is 3.42. The Morgan fingerprint density at radius 1 is 1.00 bits per heavy atom. The van der Waals surface area contributed by atoms with Crippen LogP contribution < -0.4 is 9.47 Å². The highest BCUT2D eigenvalue weighted by Crippen LogP contribution is 2.30. The summed E-state index contributed by atoms with van der Waals surface area (Å²) in [5.74, 6) is 1.47. The molecule has 0 bridgehead atoms. The molecule has 0 aliphatic rings. The number of nitriles is 1. The Labute approximate surface area is 170 Å². The van der Waals surface area contributed by atoms with Crippen molar-refractivity contribution < 1.29 is 9.47 Å². The van der Waals surface area contributed by atoms with Crippen molar-refractivity contribution >= 4 is 27.6 Å². The summed E-state index contributed by atoms with van der Waals surface area (Å²) in [5.41, 5.74) is 2.41. The summed E-state index contributed by atoms with van der Waals surface area (Å²) < 4.78 is 12.6. The number of benzene rings is 2. The monoisotopic (exact) mass is 427 g/mol. The first-order valence-corrected chi connectivity index (χ1v) is 10.2. The molecule has 0 unspecified atom stereocenters. The maximum absolute atomic E-state index is 9.54. The van der Waals surface area contributed by atoms with E-state index in [0.717, 1.165) is 33.5 Å². The van der Waals surface area contributed by atoms with Gasteiger partial charge in [0.1, 0.15) is 0 Å². The van der Waals surface area contributed by atoms with Crippen LogP contribution in [0.25, 0.3) is 11.6 Å². The molecule has 0 N–H and O–H groups in total. The molecule has 2 aromatic carbocycles. The number of halogens is 1. The summed E-state index contributed by atoms with van der Waals surface area (Å²) in [6.07, 6.45) is 6.54. The topological polar surface area (TPSA) is 42.2 Å². The Hall–Kier alpha value is -2.25. The van der Waals surface area contributed by atoms with Gasteiger partial charge in [-0.2, -0.15) is 5.26 Å². The van der Waals surface area contributed by atoms with E-state index in [-0.39, 0.29) is 0 Å². The second-order valence-corrected chi connectivity index (χ2v) is 7.14. The zero-order valence-corrected chi connectivity index (χ0v) is 17.6. The van der Waals surface area contributed by atoms with Gasteiger partial charge in [0.2, 0.25) is 0 Å². The van der Waals surface area contributed by atoms with E-state index in [4.69, 9.17) is 9.47 Å². The normalized spacial score (nSPS) is 11.1. The Balaban J connectivity index is 2.18. The molecule has 142 valence electrons. The smallest absolute Gasteiger partial charge is 0.161 e. The fraction of sp³-hybridized carbons (Fsp3) is 0.348. The maximum atomic E-state index is 9.54. The molecule has 0 aromatic heterocycles. The van der Waals surface area contributed by atoms with Crippen LogP contribution in [0.15, 0.2) is 46.9 Å². The standard InChI is InChI=1S/C23H26BrNO2/c1-3-5-6-7-14-27-22-13-8-18(16-23(22)26-4-2)15-20(17-25)19-9-11-21(24)12-10-19/h8-13,15-16H,3-7,14H2,1-2H3/b20-15+. The minimum atomic E-state index is 0.567. The van der Waals surface area contributed by atoms with Gasteiger partial charge in [-0.15, -0.1) is 0 Å². The van der Waals surface area contributed by atoms with Gasteiger partial charge in [0, 0.05) is 4.47 Å². The fourth-order valence-corrected chi connectivity index (χ4v) is 2.95. The van der Waals surface area contributed by atoms with Gasteiger partial charge >= 0.3 is 0 Å². The number of rotatable bonds is 10. The predicted octanol–water partition coefficient (Wildman–Crippen LogP) is 6.87. The fourth-order valence-electron chi connectivity index (χ4n) is 2.69. The molecule has 0 aliphatic heterocycles. The minimum Gasteiger partial charge on any atom is -0.490 e. The average molecular weight is 428 g/mol. The van der Waals surface area contributed by atoms with Crippen molar-refractivity contribution in [2.24, 2.45) is 0 Å². The largest absolute Gasteiger partial charge is 0.490 e. The third-order valence-electron chi connectivity index (χ3n) is 4.11. The third kappa shape index (κ3) is 6.77. The van der Waals surface area contributed by atoms with Gasteiger partial charge in [0.25, 0.3) is 0 Å². The SMILES string of the molecule is CCCCCCOc1ccc(/C=C(\C#N)c2ccc(Br)cc2)cc1OCC. The number of allylic oxidation sites excluding steroid dienone is 1. The molecule has 0 heterocycles. The lowest BCUT2D eigenvalue weighted by Crippen LogP contribution is -2.01. The molecule has 4 heteroatoms. The quantitative estimate of drug-likeness (QED) is 0.236. The lowest BCUT2D eigenvalue weighted by atomic mass is 10.0. The van der Waals surface area contributed by atoms with Crippen LogP contribution in [-0.2, 0) is 0 Å². The van der Waals surface area contributed by atoms with Gasteiger partial charge in [-0.3, -0.25) is 0 Å². The molecule has 27 heavy (non-hydrogen) atoms. The first-order valence-electron chi connectivity index (χ1n) is 9.45. The van der Waals surface area contributed by atoms with Crippen LogP contribution in [0.5, 0.6) is 11.5 Å². The molecule has 0 atom stereocenters. The summed E-state index contributed by atoms with van der Waals surface area (Å²) in [6, 6.07) is 15.8. The van der Waals surface area contributed by atoms with Gasteiger partial charge in [0.15, 0.2) is 11.5 Å². The van der Waals surface area contributed by atoms with Gasteiger partial charge in [-0.1, -0.05) is 60.3 Å². The molecule has 0 aliphatic carbocycles. The number of hydrogen-bond acceptors (Lipinski definition) is 3. The lowest BCUT2D eigenvalue weighted by molar-refractivity contribution is 0.270. The molecular weight excluding hydrogens is 402 g/mol. The van der Waals surface area contributed by atoms with Crippen molar-refractivity contribution in [3.05, 3.63) is 58.1 Å². The van der Waals surface area contributed by atoms with Crippen LogP contribution in [0.1, 0.15) is 50.7 Å². The summed E-state index contributed by atoms with van der Waals surface area (Å²) in [6.45, 7) is 5.41. The molecule has 2 rings (SSSR count). The van der Waals surface area contributed by atoms with E-state index in [0.29, 0.717) is 18.8 Å². The predicted molar refractivity (Wildman–Crippen MR) is 115 cm³/mol. The third-order valence-corrected chi connectivity index (χ3v) is 4.64. The Morgan fingerprint density at radius 3 is 2.44 bits per heavy atom. The molecule has 0 spiro atoms. The van der Waals surface area contributed by atoms with Crippen molar-refractivity contribution in [1.29, 1.82) is 5.26 Å². The van der Waals surface area contributed by atoms with Crippen LogP contribution in [0, 0.1) is 11.3 Å². The molecule has 0 radical (unpaired) electrons. The number of hydrogen-bond donors (Lipinski definition) is 0. The van der Waals surface area contributed by atoms with E-state index >= 15 is 0 Å². The van der Waals surface area contributed by atoms with Gasteiger partial charge in [-0.25, -0.2) is 0 Å². The number of ether oxygens (including phenoxy) is 2. The highest BCUT2D eigenvalue weighted by molar-refractivity contribution is 9.10. The van der Waals surface area contributed by atoms with E-state index in [9.17, 15) is 5.26 Å². The van der Waals surface area contributed by atoms with Crippen molar-refractivity contribution in [2.45, 2.75) is 39.5 Å². The number of nitrogens with zero attached hydrogens (tertiary/aromatic N) is 1. The summed E-state index contributed by atoms with van der Waals surface area (Å²) in [7, 11) is 0. The highest BCUT2D eigenvalue weighted by atomic mass is 79.9. The average Bonchev–Trinajstić information content (AvgIpc) is 2.68. The Bertz CT molecular complexity index is 791. The van der Waals surface area contributed by atoms with Crippen molar-refractivity contribution in [1.82, 2.24) is 0 Å². The van der Waals surface area contributed by atoms with Gasteiger partial charge < -0.3 is 9.47 Å². The van der Waals surface area contributed by atoms with E-state index in [1.54, 1.807) is 0 Å². The summed E-state index contributed by atoms with van der Waals surface area (Å²) in [4.78, 5) is 0. The second kappa shape index (κ2) is 11.5. The molecule has 2 aromatic rings. The zero-order chi connectivity index (χ0) is 19.5. The summed E-state index contributed by atoms with van der Waals surface area (Å²) in [5, 5.41) is 9.54. The van der Waals surface area contributed by atoms with Crippen LogP contribution in [0.2, 0.25) is 0 Å². The first-order chi connectivity index (χ1) is 13.2. The Morgan fingerprint density at radius 2 is 1.78 bits per heavy atom. The van der Waals surface area contributed by atoms with Crippen LogP contribution >= 0.6 is 15.9 Å². The van der Waals surface area contributed by atoms with E-state index in [1.165, 1.54) is 19.3 Å². The van der Waals surface area contributed by atoms with E-state index in [2.05, 4.69) is 28.9 Å². The minimum absolute atomic E-state index is 0.567. The highest BCUT2D eigenvalue weighted by Gasteiger charge is 2.08. The van der Waals surface area contributed by atoms with Crippen molar-refractivity contribution in [2.75, 3.05) is 13.2 Å². The van der Waals surface area contributed by atoms with Crippen LogP contribution in [0.4, 0.5) is 0 Å². The Kier molecular flexibility index (Phi) is 8.94. The van der Waals surface area contributed by atoms with Gasteiger partial charge in [0.05, 0.1) is 24.9 Å². The maximum Gasteiger partial charge on any atom is 0.161 e. The van der Waals surface area contributed by atoms with E-state index in [1.807, 2.05) is 55.5 Å². The van der Waals surface area contributed by atoms with E-state index < -0.39 is 0 Å². The van der Waals surface area contributed by atoms with Gasteiger partial charge in [-0.05, 0) is 54.8 Å². The van der Waals surface area contributed by atoms with Crippen LogP contribution in [0.3, 0.4) is 0 Å².